The lowest BCUT2D eigenvalue weighted by molar-refractivity contribution is -0.124. The van der Waals surface area contributed by atoms with E-state index in [1.165, 1.54) is 18.4 Å². The molecule has 5 heteroatoms. The number of para-hydroxylation sites is 1. The molecule has 0 bridgehead atoms. The second-order valence-corrected chi connectivity index (χ2v) is 9.04. The molecule has 1 aliphatic heterocycles. The van der Waals surface area contributed by atoms with E-state index in [1.54, 1.807) is 11.3 Å². The summed E-state index contributed by atoms with van der Waals surface area (Å²) in [6, 6.07) is 18.6. The number of amides is 1. The van der Waals surface area contributed by atoms with Gasteiger partial charge < -0.3 is 10.2 Å². The highest BCUT2D eigenvalue weighted by Crippen LogP contribution is 2.50. The molecule has 3 aromatic rings. The van der Waals surface area contributed by atoms with E-state index in [0.29, 0.717) is 0 Å². The first-order valence-corrected chi connectivity index (χ1v) is 11.0. The zero-order chi connectivity index (χ0) is 19.0. The Morgan fingerprint density at radius 1 is 1.07 bits per heavy atom. The summed E-state index contributed by atoms with van der Waals surface area (Å²) in [5, 5.41) is 4.36. The average molecular weight is 392 g/mol. The lowest BCUT2D eigenvalue weighted by Gasteiger charge is -2.26. The van der Waals surface area contributed by atoms with Gasteiger partial charge in [-0.05, 0) is 56.5 Å². The second kappa shape index (κ2) is 7.30. The Kier molecular flexibility index (Phi) is 4.65. The molecule has 1 N–H and O–H groups in total. The van der Waals surface area contributed by atoms with Crippen LogP contribution >= 0.6 is 11.3 Å². The van der Waals surface area contributed by atoms with Crippen molar-refractivity contribution >= 4 is 27.5 Å². The molecule has 0 unspecified atom stereocenters. The number of thiazole rings is 1. The van der Waals surface area contributed by atoms with E-state index in [0.717, 1.165) is 47.7 Å². The fourth-order valence-corrected chi connectivity index (χ4v) is 5.39. The van der Waals surface area contributed by atoms with Crippen LogP contribution in [0.4, 0.5) is 0 Å². The minimum absolute atomic E-state index is 0.0265. The van der Waals surface area contributed by atoms with Gasteiger partial charge in [0.05, 0.1) is 16.3 Å². The molecule has 1 amide bonds. The highest BCUT2D eigenvalue weighted by Gasteiger charge is 2.54. The van der Waals surface area contributed by atoms with Gasteiger partial charge in [0.15, 0.2) is 0 Å². The first-order chi connectivity index (χ1) is 13.7. The number of nitrogens with one attached hydrogen (secondary N) is 1. The van der Waals surface area contributed by atoms with Crippen molar-refractivity contribution in [2.24, 2.45) is 0 Å². The van der Waals surface area contributed by atoms with Crippen LogP contribution in [0.15, 0.2) is 54.6 Å². The molecule has 1 saturated heterocycles. The Morgan fingerprint density at radius 2 is 1.79 bits per heavy atom. The van der Waals surface area contributed by atoms with E-state index >= 15 is 0 Å². The third kappa shape index (κ3) is 3.33. The molecular weight excluding hydrogens is 366 g/mol. The van der Waals surface area contributed by atoms with Crippen molar-refractivity contribution in [2.75, 3.05) is 19.6 Å². The van der Waals surface area contributed by atoms with E-state index < -0.39 is 5.41 Å². The number of nitrogens with zero attached hydrogens (tertiary/aromatic N) is 2. The Bertz CT molecular complexity index is 941. The highest BCUT2D eigenvalue weighted by atomic mass is 32.1. The predicted octanol–water partition coefficient (Wildman–Crippen LogP) is 4.28. The number of hydrogen-bond acceptors (Lipinski definition) is 4. The highest BCUT2D eigenvalue weighted by molar-refractivity contribution is 7.18. The summed E-state index contributed by atoms with van der Waals surface area (Å²) in [6.45, 7) is 3.14. The molecule has 2 fully saturated rings. The number of aromatic nitrogens is 1. The summed E-state index contributed by atoms with van der Waals surface area (Å²) in [5.41, 5.74) is 1.75. The molecule has 2 heterocycles. The van der Waals surface area contributed by atoms with Crippen LogP contribution in [0, 0.1) is 0 Å². The van der Waals surface area contributed by atoms with Gasteiger partial charge in [-0.25, -0.2) is 4.98 Å². The van der Waals surface area contributed by atoms with Gasteiger partial charge in [0, 0.05) is 6.54 Å². The largest absolute Gasteiger partial charge is 0.347 e. The summed E-state index contributed by atoms with van der Waals surface area (Å²) in [7, 11) is 0. The number of carbonyl (C=O) groups excluding carboxylic acids is 1. The van der Waals surface area contributed by atoms with Crippen LogP contribution in [0.3, 0.4) is 0 Å². The van der Waals surface area contributed by atoms with Crippen LogP contribution in [-0.4, -0.2) is 35.4 Å². The van der Waals surface area contributed by atoms with Gasteiger partial charge in [-0.2, -0.15) is 0 Å². The van der Waals surface area contributed by atoms with Crippen molar-refractivity contribution in [1.29, 1.82) is 0 Å². The number of benzene rings is 2. The van der Waals surface area contributed by atoms with E-state index in [4.69, 9.17) is 4.98 Å². The van der Waals surface area contributed by atoms with Crippen LogP contribution in [0.25, 0.3) is 10.2 Å². The number of fused-ring (bicyclic) bond motifs is 1. The van der Waals surface area contributed by atoms with Crippen molar-refractivity contribution in [3.63, 3.8) is 0 Å². The Hall–Kier alpha value is -2.24. The fraction of sp³-hybridized carbons (Fsp3) is 0.391. The van der Waals surface area contributed by atoms with Crippen molar-refractivity contribution < 1.29 is 4.79 Å². The first-order valence-electron chi connectivity index (χ1n) is 10.2. The molecule has 1 atom stereocenters. The Labute approximate surface area is 169 Å². The Morgan fingerprint density at radius 3 is 2.50 bits per heavy atom. The topological polar surface area (TPSA) is 45.2 Å². The molecule has 4 nitrogen and oxygen atoms in total. The quantitative estimate of drug-likeness (QED) is 0.682. The number of carbonyl (C=O) groups is 1. The maximum absolute atomic E-state index is 13.4. The van der Waals surface area contributed by atoms with Crippen LogP contribution in [0.1, 0.15) is 42.3 Å². The number of likely N-dealkylation sites (tertiary alicyclic amines) is 1. The minimum atomic E-state index is -0.429. The van der Waals surface area contributed by atoms with Gasteiger partial charge in [-0.1, -0.05) is 42.5 Å². The molecule has 28 heavy (non-hydrogen) atoms. The molecule has 1 aliphatic carbocycles. The van der Waals surface area contributed by atoms with Crippen LogP contribution in [-0.2, 0) is 10.2 Å². The zero-order valence-electron chi connectivity index (χ0n) is 15.9. The molecule has 5 rings (SSSR count). The van der Waals surface area contributed by atoms with E-state index in [9.17, 15) is 4.79 Å². The minimum Gasteiger partial charge on any atom is -0.347 e. The summed E-state index contributed by atoms with van der Waals surface area (Å²) in [4.78, 5) is 20.7. The molecule has 1 aromatic heterocycles. The molecule has 144 valence electrons. The van der Waals surface area contributed by atoms with Crippen LogP contribution in [0.2, 0.25) is 0 Å². The monoisotopic (exact) mass is 391 g/mol. The van der Waals surface area contributed by atoms with E-state index in [2.05, 4.69) is 40.5 Å². The van der Waals surface area contributed by atoms with E-state index in [1.807, 2.05) is 24.3 Å². The Balaban J connectivity index is 1.39. The van der Waals surface area contributed by atoms with Gasteiger partial charge in [0.25, 0.3) is 0 Å². The third-order valence-corrected chi connectivity index (χ3v) is 7.28. The molecule has 1 saturated carbocycles. The normalized spacial score (nSPS) is 19.6. The smallest absolute Gasteiger partial charge is 0.233 e. The fourth-order valence-electron chi connectivity index (χ4n) is 4.18. The summed E-state index contributed by atoms with van der Waals surface area (Å²) >= 11 is 1.67. The van der Waals surface area contributed by atoms with Gasteiger partial charge >= 0.3 is 0 Å². The molecule has 2 aromatic carbocycles. The van der Waals surface area contributed by atoms with Gasteiger partial charge in [-0.15, -0.1) is 11.3 Å². The van der Waals surface area contributed by atoms with Crippen LogP contribution < -0.4 is 5.32 Å². The predicted molar refractivity (Wildman–Crippen MR) is 114 cm³/mol. The van der Waals surface area contributed by atoms with Gasteiger partial charge in [0.1, 0.15) is 10.4 Å². The molecular formula is C23H25N3OS. The van der Waals surface area contributed by atoms with Crippen molar-refractivity contribution in [1.82, 2.24) is 15.2 Å². The van der Waals surface area contributed by atoms with Crippen LogP contribution in [0.5, 0.6) is 0 Å². The van der Waals surface area contributed by atoms with Gasteiger partial charge in [-0.3, -0.25) is 4.79 Å². The van der Waals surface area contributed by atoms with E-state index in [-0.39, 0.29) is 11.9 Å². The number of hydrogen-bond donors (Lipinski definition) is 1. The SMILES string of the molecule is O=C(N[C@H](CN1CCCC1)c1ccccc1)C1(c2nc3ccccc3s2)CC1. The van der Waals surface area contributed by atoms with Crippen molar-refractivity contribution in [3.05, 3.63) is 65.2 Å². The standard InChI is InChI=1S/C23H25N3OS/c27-21(23(12-13-23)22-25-18-10-4-5-11-20(18)28-22)24-19(16-26-14-6-7-15-26)17-8-2-1-3-9-17/h1-5,8-11,19H,6-7,12-16H2,(H,24,27)/t19-/m1/s1. The lowest BCUT2D eigenvalue weighted by atomic mass is 10.0. The van der Waals surface area contributed by atoms with Crippen molar-refractivity contribution in [3.8, 4) is 0 Å². The summed E-state index contributed by atoms with van der Waals surface area (Å²) in [5.74, 6) is 0.139. The molecule has 2 aliphatic rings. The maximum Gasteiger partial charge on any atom is 0.233 e. The molecule has 0 radical (unpaired) electrons. The van der Waals surface area contributed by atoms with Gasteiger partial charge in [0.2, 0.25) is 5.91 Å². The third-order valence-electron chi connectivity index (χ3n) is 6.03. The molecule has 0 spiro atoms. The second-order valence-electron chi connectivity index (χ2n) is 8.01. The first kappa shape index (κ1) is 17.8. The van der Waals surface area contributed by atoms with Crippen molar-refractivity contribution in [2.45, 2.75) is 37.1 Å². The summed E-state index contributed by atoms with van der Waals surface area (Å²) < 4.78 is 1.16. The summed E-state index contributed by atoms with van der Waals surface area (Å²) in [6.07, 6.45) is 4.30. The maximum atomic E-state index is 13.4. The zero-order valence-corrected chi connectivity index (χ0v) is 16.8. The number of rotatable bonds is 6. The lowest BCUT2D eigenvalue weighted by Crippen LogP contribution is -2.41. The average Bonchev–Trinajstić information content (AvgIpc) is 3.17.